The highest BCUT2D eigenvalue weighted by atomic mass is 32.2. The predicted octanol–water partition coefficient (Wildman–Crippen LogP) is -0.0744. The van der Waals surface area contributed by atoms with Crippen LogP contribution in [0.4, 0.5) is 8.78 Å². The van der Waals surface area contributed by atoms with E-state index in [0.717, 1.165) is 12.3 Å². The van der Waals surface area contributed by atoms with E-state index in [1.807, 2.05) is 0 Å². The molecule has 68 valence electrons. The molecular weight excluding hydrogens is 192 g/mol. The van der Waals surface area contributed by atoms with E-state index < -0.39 is 21.6 Å². The molecule has 0 aliphatic rings. The highest BCUT2D eigenvalue weighted by Crippen LogP contribution is 2.10. The minimum Gasteiger partial charge on any atom is -0.223 e. The number of sulfonamides is 1. The maximum atomic E-state index is 11.8. The third kappa shape index (κ3) is 1.77. The van der Waals surface area contributed by atoms with Crippen molar-refractivity contribution in [3.05, 3.63) is 12.3 Å². The van der Waals surface area contributed by atoms with Gasteiger partial charge in [0, 0.05) is 6.20 Å². The molecule has 0 aliphatic heterocycles. The summed E-state index contributed by atoms with van der Waals surface area (Å²) in [5, 5.41) is 7.09. The number of aromatic nitrogens is 2. The largest absolute Gasteiger partial charge is 0.333 e. The minimum absolute atomic E-state index is 0.208. The molecule has 1 aromatic heterocycles. The Bertz CT molecular complexity index is 371. The van der Waals surface area contributed by atoms with Crippen molar-refractivity contribution in [1.29, 1.82) is 0 Å². The molecule has 1 rings (SSSR count). The van der Waals surface area contributed by atoms with Crippen LogP contribution in [0.15, 0.2) is 17.3 Å². The number of alkyl halides is 2. The third-order valence-electron chi connectivity index (χ3n) is 1.08. The second-order valence-corrected chi connectivity index (χ2v) is 3.46. The van der Waals surface area contributed by atoms with Gasteiger partial charge in [0.2, 0.25) is 0 Å². The van der Waals surface area contributed by atoms with E-state index in [9.17, 15) is 17.2 Å². The number of primary sulfonamides is 1. The second-order valence-electron chi connectivity index (χ2n) is 1.96. The van der Waals surface area contributed by atoms with Crippen LogP contribution in [0.2, 0.25) is 0 Å². The summed E-state index contributed by atoms with van der Waals surface area (Å²) in [6.07, 6.45) is 0.838. The van der Waals surface area contributed by atoms with Crippen LogP contribution in [-0.2, 0) is 10.0 Å². The number of rotatable bonds is 2. The summed E-state index contributed by atoms with van der Waals surface area (Å²) in [6, 6.07) is 0.904. The van der Waals surface area contributed by atoms with Crippen molar-refractivity contribution < 1.29 is 17.2 Å². The Labute approximate surface area is 66.8 Å². The van der Waals surface area contributed by atoms with Crippen molar-refractivity contribution in [3.8, 4) is 0 Å². The van der Waals surface area contributed by atoms with Crippen LogP contribution >= 0.6 is 0 Å². The Balaban J connectivity index is 3.09. The highest BCUT2D eigenvalue weighted by Gasteiger charge is 2.14. The summed E-state index contributed by atoms with van der Waals surface area (Å²) in [5.74, 6) is 0. The van der Waals surface area contributed by atoms with Gasteiger partial charge in [0.15, 0.2) is 5.03 Å². The van der Waals surface area contributed by atoms with Gasteiger partial charge in [-0.15, -0.1) is 0 Å². The zero-order valence-corrected chi connectivity index (χ0v) is 6.50. The third-order valence-corrected chi connectivity index (χ3v) is 1.88. The van der Waals surface area contributed by atoms with E-state index in [1.54, 1.807) is 0 Å². The van der Waals surface area contributed by atoms with Gasteiger partial charge in [-0.1, -0.05) is 0 Å². The second kappa shape index (κ2) is 2.79. The number of halogens is 2. The first-order chi connectivity index (χ1) is 5.41. The maximum Gasteiger partial charge on any atom is 0.333 e. The molecule has 0 fully saturated rings. The summed E-state index contributed by atoms with van der Waals surface area (Å²) in [5.41, 5.74) is 0. The van der Waals surface area contributed by atoms with Gasteiger partial charge >= 0.3 is 6.55 Å². The number of hydrogen-bond donors (Lipinski definition) is 1. The van der Waals surface area contributed by atoms with E-state index in [0.29, 0.717) is 0 Å². The van der Waals surface area contributed by atoms with Crippen molar-refractivity contribution in [3.63, 3.8) is 0 Å². The van der Waals surface area contributed by atoms with Crippen LogP contribution in [0.5, 0.6) is 0 Å². The molecule has 0 bridgehead atoms. The lowest BCUT2D eigenvalue weighted by atomic mass is 10.7. The zero-order valence-electron chi connectivity index (χ0n) is 5.68. The molecule has 0 spiro atoms. The van der Waals surface area contributed by atoms with Gasteiger partial charge in [-0.25, -0.2) is 18.2 Å². The molecule has 0 saturated heterocycles. The lowest BCUT2D eigenvalue weighted by Gasteiger charge is -1.95. The molecular formula is C4H5F2N3O2S. The average molecular weight is 197 g/mol. The topological polar surface area (TPSA) is 78.0 Å². The molecule has 5 nitrogen and oxygen atoms in total. The van der Waals surface area contributed by atoms with Gasteiger partial charge in [0.05, 0.1) is 0 Å². The highest BCUT2D eigenvalue weighted by molar-refractivity contribution is 7.89. The number of nitrogens with two attached hydrogens (primary N) is 1. The van der Waals surface area contributed by atoms with Crippen LogP contribution in [0.1, 0.15) is 6.55 Å². The van der Waals surface area contributed by atoms with E-state index in [2.05, 4.69) is 10.2 Å². The fraction of sp³-hybridized carbons (Fsp3) is 0.250. The average Bonchev–Trinajstić information content (AvgIpc) is 2.30. The monoisotopic (exact) mass is 197 g/mol. The van der Waals surface area contributed by atoms with Crippen LogP contribution in [0.25, 0.3) is 0 Å². The fourth-order valence-corrected chi connectivity index (χ4v) is 1.04. The molecule has 8 heteroatoms. The van der Waals surface area contributed by atoms with Gasteiger partial charge in [-0.05, 0) is 6.07 Å². The van der Waals surface area contributed by atoms with Crippen LogP contribution < -0.4 is 5.14 Å². The standard InChI is InChI=1S/C4H5F2N3O2S/c5-4(6)9-2-1-3(8-9)12(7,10)11/h1-2,4H,(H2,7,10,11). The summed E-state index contributed by atoms with van der Waals surface area (Å²) in [6.45, 7) is -2.86. The Kier molecular flexibility index (Phi) is 2.11. The molecule has 1 aromatic rings. The molecule has 0 atom stereocenters. The number of hydrogen-bond acceptors (Lipinski definition) is 3. The predicted molar refractivity (Wildman–Crippen MR) is 34.9 cm³/mol. The summed E-state index contributed by atoms with van der Waals surface area (Å²) >= 11 is 0. The zero-order chi connectivity index (χ0) is 9.35. The van der Waals surface area contributed by atoms with Gasteiger partial charge in [0.1, 0.15) is 0 Å². The summed E-state index contributed by atoms with van der Waals surface area (Å²) < 4.78 is 44.9. The first-order valence-electron chi connectivity index (χ1n) is 2.77. The van der Waals surface area contributed by atoms with Crippen molar-refractivity contribution in [1.82, 2.24) is 9.78 Å². The molecule has 0 amide bonds. The number of nitrogens with zero attached hydrogens (tertiary/aromatic N) is 2. The van der Waals surface area contributed by atoms with E-state index >= 15 is 0 Å². The van der Waals surface area contributed by atoms with Crippen molar-refractivity contribution in [2.75, 3.05) is 0 Å². The normalized spacial score (nSPS) is 12.3. The molecule has 0 saturated carbocycles. The van der Waals surface area contributed by atoms with Gasteiger partial charge < -0.3 is 0 Å². The smallest absolute Gasteiger partial charge is 0.223 e. The Hall–Kier alpha value is -1.02. The van der Waals surface area contributed by atoms with Crippen LogP contribution in [-0.4, -0.2) is 18.2 Å². The first kappa shape index (κ1) is 9.07. The molecule has 0 aromatic carbocycles. The van der Waals surface area contributed by atoms with Gasteiger partial charge in [-0.2, -0.15) is 13.9 Å². The first-order valence-corrected chi connectivity index (χ1v) is 4.32. The minimum atomic E-state index is -3.98. The summed E-state index contributed by atoms with van der Waals surface area (Å²) in [7, 11) is -3.98. The lowest BCUT2D eigenvalue weighted by Crippen LogP contribution is -2.13. The fourth-order valence-electron chi connectivity index (χ4n) is 0.581. The van der Waals surface area contributed by atoms with Crippen LogP contribution in [0.3, 0.4) is 0 Å². The molecule has 12 heavy (non-hydrogen) atoms. The van der Waals surface area contributed by atoms with E-state index in [1.165, 1.54) is 0 Å². The molecule has 0 radical (unpaired) electrons. The van der Waals surface area contributed by atoms with Crippen molar-refractivity contribution in [2.45, 2.75) is 11.6 Å². The van der Waals surface area contributed by atoms with Gasteiger partial charge in [0.25, 0.3) is 10.0 Å². The Morgan fingerprint density at radius 3 is 2.42 bits per heavy atom. The van der Waals surface area contributed by atoms with Crippen molar-refractivity contribution in [2.24, 2.45) is 5.14 Å². The van der Waals surface area contributed by atoms with Crippen LogP contribution in [0, 0.1) is 0 Å². The van der Waals surface area contributed by atoms with E-state index in [4.69, 9.17) is 0 Å². The maximum absolute atomic E-state index is 11.8. The van der Waals surface area contributed by atoms with Gasteiger partial charge in [-0.3, -0.25) is 0 Å². The van der Waals surface area contributed by atoms with Crippen molar-refractivity contribution >= 4 is 10.0 Å². The quantitative estimate of drug-likeness (QED) is 0.720. The summed E-state index contributed by atoms with van der Waals surface area (Å²) in [4.78, 5) is 0. The Morgan fingerprint density at radius 2 is 2.17 bits per heavy atom. The Morgan fingerprint density at radius 1 is 1.58 bits per heavy atom. The molecule has 1 heterocycles. The molecule has 0 aliphatic carbocycles. The molecule has 0 unspecified atom stereocenters. The SMILES string of the molecule is NS(=O)(=O)c1ccn(C(F)F)n1. The molecule has 2 N–H and O–H groups in total. The lowest BCUT2D eigenvalue weighted by molar-refractivity contribution is 0.0553. The van der Waals surface area contributed by atoms with E-state index in [-0.39, 0.29) is 4.68 Å².